The van der Waals surface area contributed by atoms with Gasteiger partial charge in [0.1, 0.15) is 11.5 Å². The monoisotopic (exact) mass is 369 g/mol. The summed E-state index contributed by atoms with van der Waals surface area (Å²) in [7, 11) is 0. The Hall–Kier alpha value is -2.49. The van der Waals surface area contributed by atoms with Crippen LogP contribution in [0.5, 0.6) is 11.5 Å². The molecular formula is C23H31NO3. The van der Waals surface area contributed by atoms with Crippen molar-refractivity contribution in [1.82, 2.24) is 0 Å². The first-order valence-electron chi connectivity index (χ1n) is 9.85. The molecule has 27 heavy (non-hydrogen) atoms. The van der Waals surface area contributed by atoms with E-state index in [0.29, 0.717) is 18.1 Å². The Labute approximate surface area is 162 Å². The van der Waals surface area contributed by atoms with Crippen LogP contribution in [0.2, 0.25) is 0 Å². The van der Waals surface area contributed by atoms with E-state index in [2.05, 4.69) is 26.1 Å². The van der Waals surface area contributed by atoms with E-state index in [1.807, 2.05) is 36.4 Å². The third-order valence-electron chi connectivity index (χ3n) is 4.08. The minimum atomic E-state index is -0.140. The fourth-order valence-electron chi connectivity index (χ4n) is 2.52. The fraction of sp³-hybridized carbons (Fsp3) is 0.435. The van der Waals surface area contributed by atoms with Crippen LogP contribution >= 0.6 is 0 Å². The van der Waals surface area contributed by atoms with Crippen molar-refractivity contribution in [2.75, 3.05) is 18.5 Å². The first-order valence-corrected chi connectivity index (χ1v) is 9.85. The standard InChI is InChI=1S/C23H31NO3/c1-4-5-6-7-16-26-21-14-10-20(11-15-21)24-23(25)19-8-12-22(13-9-19)27-17-18(2)3/h8-15,18H,4-7,16-17H2,1-3H3,(H,24,25). The molecule has 2 aromatic carbocycles. The van der Waals surface area contributed by atoms with Crippen molar-refractivity contribution in [2.45, 2.75) is 46.5 Å². The number of anilines is 1. The van der Waals surface area contributed by atoms with Gasteiger partial charge in [0.05, 0.1) is 13.2 Å². The molecule has 4 heteroatoms. The van der Waals surface area contributed by atoms with Crippen molar-refractivity contribution >= 4 is 11.6 Å². The highest BCUT2D eigenvalue weighted by molar-refractivity contribution is 6.04. The van der Waals surface area contributed by atoms with E-state index >= 15 is 0 Å². The van der Waals surface area contributed by atoms with Gasteiger partial charge in [-0.1, -0.05) is 40.0 Å². The molecule has 0 fully saturated rings. The third-order valence-corrected chi connectivity index (χ3v) is 4.08. The highest BCUT2D eigenvalue weighted by Crippen LogP contribution is 2.18. The Morgan fingerprint density at radius 1 is 0.889 bits per heavy atom. The quantitative estimate of drug-likeness (QED) is 0.499. The first-order chi connectivity index (χ1) is 13.1. The van der Waals surface area contributed by atoms with Gasteiger partial charge in [0.2, 0.25) is 0 Å². The van der Waals surface area contributed by atoms with Crippen LogP contribution in [0.1, 0.15) is 56.8 Å². The van der Waals surface area contributed by atoms with Gasteiger partial charge in [-0.2, -0.15) is 0 Å². The zero-order chi connectivity index (χ0) is 19.5. The lowest BCUT2D eigenvalue weighted by atomic mass is 10.2. The van der Waals surface area contributed by atoms with E-state index in [0.717, 1.165) is 30.2 Å². The second kappa shape index (κ2) is 11.3. The van der Waals surface area contributed by atoms with Gasteiger partial charge in [0.15, 0.2) is 0 Å². The minimum Gasteiger partial charge on any atom is -0.494 e. The van der Waals surface area contributed by atoms with Crippen LogP contribution in [0.4, 0.5) is 5.69 Å². The average Bonchev–Trinajstić information content (AvgIpc) is 2.68. The van der Waals surface area contributed by atoms with E-state index in [4.69, 9.17) is 9.47 Å². The summed E-state index contributed by atoms with van der Waals surface area (Å²) in [5.41, 5.74) is 1.35. The first kappa shape index (κ1) is 20.8. The number of hydrogen-bond donors (Lipinski definition) is 1. The Morgan fingerprint density at radius 2 is 1.52 bits per heavy atom. The lowest BCUT2D eigenvalue weighted by Crippen LogP contribution is -2.12. The number of amides is 1. The molecule has 0 bridgehead atoms. The maximum atomic E-state index is 12.4. The number of carbonyl (C=O) groups excluding carboxylic acids is 1. The van der Waals surface area contributed by atoms with Gasteiger partial charge >= 0.3 is 0 Å². The highest BCUT2D eigenvalue weighted by atomic mass is 16.5. The SMILES string of the molecule is CCCCCCOc1ccc(NC(=O)c2ccc(OCC(C)C)cc2)cc1. The van der Waals surface area contributed by atoms with Crippen molar-refractivity contribution in [3.05, 3.63) is 54.1 Å². The molecule has 146 valence electrons. The van der Waals surface area contributed by atoms with Crippen LogP contribution < -0.4 is 14.8 Å². The highest BCUT2D eigenvalue weighted by Gasteiger charge is 2.07. The Bertz CT molecular complexity index is 678. The smallest absolute Gasteiger partial charge is 0.255 e. The molecule has 0 aliphatic heterocycles. The number of benzene rings is 2. The molecule has 0 aliphatic carbocycles. The van der Waals surface area contributed by atoms with Crippen molar-refractivity contribution in [3.63, 3.8) is 0 Å². The molecule has 0 saturated carbocycles. The van der Waals surface area contributed by atoms with E-state index in [1.54, 1.807) is 12.1 Å². The Morgan fingerprint density at radius 3 is 2.15 bits per heavy atom. The molecule has 0 spiro atoms. The molecular weight excluding hydrogens is 338 g/mol. The zero-order valence-electron chi connectivity index (χ0n) is 16.7. The molecule has 2 aromatic rings. The summed E-state index contributed by atoms with van der Waals surface area (Å²) in [6.45, 7) is 7.80. The van der Waals surface area contributed by atoms with E-state index < -0.39 is 0 Å². The maximum absolute atomic E-state index is 12.4. The van der Waals surface area contributed by atoms with Crippen molar-refractivity contribution in [3.8, 4) is 11.5 Å². The van der Waals surface area contributed by atoms with Crippen LogP contribution in [-0.2, 0) is 0 Å². The fourth-order valence-corrected chi connectivity index (χ4v) is 2.52. The zero-order valence-corrected chi connectivity index (χ0v) is 16.7. The van der Waals surface area contributed by atoms with E-state index in [1.165, 1.54) is 19.3 Å². The van der Waals surface area contributed by atoms with Crippen molar-refractivity contribution < 1.29 is 14.3 Å². The summed E-state index contributed by atoms with van der Waals surface area (Å²) in [5.74, 6) is 1.94. The number of hydrogen-bond acceptors (Lipinski definition) is 3. The normalized spacial score (nSPS) is 10.7. The van der Waals surface area contributed by atoms with E-state index in [9.17, 15) is 4.79 Å². The molecule has 0 heterocycles. The van der Waals surface area contributed by atoms with Crippen LogP contribution in [0.15, 0.2) is 48.5 Å². The van der Waals surface area contributed by atoms with Gasteiger partial charge in [-0.25, -0.2) is 0 Å². The van der Waals surface area contributed by atoms with E-state index in [-0.39, 0.29) is 5.91 Å². The van der Waals surface area contributed by atoms with Crippen molar-refractivity contribution in [1.29, 1.82) is 0 Å². The number of unbranched alkanes of at least 4 members (excludes halogenated alkanes) is 3. The third kappa shape index (κ3) is 7.73. The van der Waals surface area contributed by atoms with Crippen LogP contribution in [-0.4, -0.2) is 19.1 Å². The predicted molar refractivity (Wildman–Crippen MR) is 111 cm³/mol. The molecule has 0 aliphatic rings. The summed E-state index contributed by atoms with van der Waals surface area (Å²) in [5, 5.41) is 2.90. The summed E-state index contributed by atoms with van der Waals surface area (Å²) >= 11 is 0. The lowest BCUT2D eigenvalue weighted by Gasteiger charge is -2.10. The van der Waals surface area contributed by atoms with Crippen molar-refractivity contribution in [2.24, 2.45) is 5.92 Å². The average molecular weight is 370 g/mol. The van der Waals surface area contributed by atoms with Gasteiger partial charge in [-0.3, -0.25) is 4.79 Å². The lowest BCUT2D eigenvalue weighted by molar-refractivity contribution is 0.102. The van der Waals surface area contributed by atoms with Crippen LogP contribution in [0.3, 0.4) is 0 Å². The number of ether oxygens (including phenoxy) is 2. The molecule has 0 saturated heterocycles. The topological polar surface area (TPSA) is 47.6 Å². The molecule has 1 amide bonds. The number of rotatable bonds is 11. The second-order valence-electron chi connectivity index (χ2n) is 7.12. The van der Waals surface area contributed by atoms with Gasteiger partial charge < -0.3 is 14.8 Å². The Kier molecular flexibility index (Phi) is 8.69. The molecule has 1 N–H and O–H groups in total. The van der Waals surface area contributed by atoms with Gasteiger partial charge in [-0.15, -0.1) is 0 Å². The van der Waals surface area contributed by atoms with Crippen LogP contribution in [0, 0.1) is 5.92 Å². The molecule has 0 atom stereocenters. The van der Waals surface area contributed by atoms with Gasteiger partial charge in [-0.05, 0) is 60.9 Å². The number of carbonyl (C=O) groups is 1. The summed E-state index contributed by atoms with van der Waals surface area (Å²) in [6.07, 6.45) is 4.75. The summed E-state index contributed by atoms with van der Waals surface area (Å²) in [6, 6.07) is 14.7. The minimum absolute atomic E-state index is 0.140. The summed E-state index contributed by atoms with van der Waals surface area (Å²) < 4.78 is 11.4. The second-order valence-corrected chi connectivity index (χ2v) is 7.12. The molecule has 4 nitrogen and oxygen atoms in total. The largest absolute Gasteiger partial charge is 0.494 e. The Balaban J connectivity index is 1.81. The van der Waals surface area contributed by atoms with Crippen LogP contribution in [0.25, 0.3) is 0 Å². The van der Waals surface area contributed by atoms with Gasteiger partial charge in [0.25, 0.3) is 5.91 Å². The maximum Gasteiger partial charge on any atom is 0.255 e. The molecule has 0 unspecified atom stereocenters. The predicted octanol–water partition coefficient (Wildman–Crippen LogP) is 5.93. The van der Waals surface area contributed by atoms with Gasteiger partial charge in [0, 0.05) is 11.3 Å². The molecule has 0 radical (unpaired) electrons. The molecule has 0 aromatic heterocycles. The molecule has 2 rings (SSSR count). The summed E-state index contributed by atoms with van der Waals surface area (Å²) in [4.78, 5) is 12.4. The number of nitrogens with one attached hydrogen (secondary N) is 1.